The molecule has 1 aromatic rings. The van der Waals surface area contributed by atoms with Crippen LogP contribution in [0.2, 0.25) is 0 Å². The zero-order valence-electron chi connectivity index (χ0n) is 10.8. The van der Waals surface area contributed by atoms with Crippen molar-refractivity contribution in [1.82, 2.24) is 0 Å². The summed E-state index contributed by atoms with van der Waals surface area (Å²) in [6.45, 7) is 11.1. The van der Waals surface area contributed by atoms with Crippen LogP contribution in [-0.4, -0.2) is 25.7 Å². The Balaban J connectivity index is 2.82. The first-order chi connectivity index (χ1) is 8.72. The predicted molar refractivity (Wildman–Crippen MR) is 75.0 cm³/mol. The zero-order valence-corrected chi connectivity index (χ0v) is 10.8. The molecule has 0 N–H and O–H groups in total. The third-order valence-electron chi connectivity index (χ3n) is 2.44. The summed E-state index contributed by atoms with van der Waals surface area (Å²) in [6.07, 6.45) is 3.67. The van der Waals surface area contributed by atoms with E-state index in [0.717, 1.165) is 18.8 Å². The third-order valence-corrected chi connectivity index (χ3v) is 2.44. The van der Waals surface area contributed by atoms with Crippen LogP contribution in [-0.2, 0) is 4.74 Å². The molecular formula is C15H19NO2. The number of esters is 1. The summed E-state index contributed by atoms with van der Waals surface area (Å²) in [5.41, 5.74) is 1.60. The molecule has 3 nitrogen and oxygen atoms in total. The van der Waals surface area contributed by atoms with Gasteiger partial charge in [0.15, 0.2) is 0 Å². The Morgan fingerprint density at radius 3 is 2.22 bits per heavy atom. The number of carbonyl (C=O) groups is 1. The van der Waals surface area contributed by atoms with Gasteiger partial charge in [-0.3, -0.25) is 0 Å². The molecule has 0 fully saturated rings. The lowest BCUT2D eigenvalue weighted by molar-refractivity contribution is 0.0526. The molecule has 3 heteroatoms. The molecular weight excluding hydrogens is 226 g/mol. The van der Waals surface area contributed by atoms with E-state index in [-0.39, 0.29) is 5.97 Å². The molecule has 0 spiro atoms. The molecule has 0 saturated carbocycles. The molecule has 18 heavy (non-hydrogen) atoms. The summed E-state index contributed by atoms with van der Waals surface area (Å²) in [5, 5.41) is 0. The fourth-order valence-corrected chi connectivity index (χ4v) is 1.62. The molecule has 0 aliphatic rings. The van der Waals surface area contributed by atoms with Crippen molar-refractivity contribution in [3.05, 3.63) is 55.1 Å². The van der Waals surface area contributed by atoms with Crippen LogP contribution in [0.5, 0.6) is 0 Å². The summed E-state index contributed by atoms with van der Waals surface area (Å²) >= 11 is 0. The average molecular weight is 245 g/mol. The summed E-state index contributed by atoms with van der Waals surface area (Å²) in [7, 11) is 0. The van der Waals surface area contributed by atoms with Gasteiger partial charge in [-0.25, -0.2) is 4.79 Å². The molecule has 0 aromatic heterocycles. The molecule has 0 unspecified atom stereocenters. The number of rotatable bonds is 7. The number of hydrogen-bond donors (Lipinski definition) is 0. The highest BCUT2D eigenvalue weighted by atomic mass is 16.5. The maximum absolute atomic E-state index is 11.5. The molecule has 0 saturated heterocycles. The highest BCUT2D eigenvalue weighted by Gasteiger charge is 2.07. The third kappa shape index (κ3) is 3.77. The Hall–Kier alpha value is -2.03. The number of ether oxygens (including phenoxy) is 1. The molecule has 96 valence electrons. The van der Waals surface area contributed by atoms with Gasteiger partial charge in [0.1, 0.15) is 0 Å². The van der Waals surface area contributed by atoms with Crippen molar-refractivity contribution in [3.63, 3.8) is 0 Å². The van der Waals surface area contributed by atoms with Crippen molar-refractivity contribution < 1.29 is 9.53 Å². The second-order valence-electron chi connectivity index (χ2n) is 3.75. The van der Waals surface area contributed by atoms with E-state index < -0.39 is 0 Å². The quantitative estimate of drug-likeness (QED) is 0.546. The van der Waals surface area contributed by atoms with Gasteiger partial charge in [0, 0.05) is 18.8 Å². The summed E-state index contributed by atoms with van der Waals surface area (Å²) in [4.78, 5) is 13.6. The van der Waals surface area contributed by atoms with Crippen molar-refractivity contribution in [3.8, 4) is 0 Å². The van der Waals surface area contributed by atoms with Crippen LogP contribution in [0, 0.1) is 0 Å². The van der Waals surface area contributed by atoms with Gasteiger partial charge in [-0.15, -0.1) is 13.2 Å². The van der Waals surface area contributed by atoms with E-state index in [1.807, 2.05) is 24.3 Å². The van der Waals surface area contributed by atoms with E-state index in [2.05, 4.69) is 18.1 Å². The molecule has 0 bridgehead atoms. The number of benzene rings is 1. The number of nitrogens with zero attached hydrogens (tertiary/aromatic N) is 1. The van der Waals surface area contributed by atoms with E-state index in [4.69, 9.17) is 4.74 Å². The molecule has 0 heterocycles. The highest BCUT2D eigenvalue weighted by Crippen LogP contribution is 2.15. The normalized spacial score (nSPS) is 9.61. The standard InChI is InChI=1S/C15H19NO2/c1-4-11-16(12-5-2)14-9-7-13(8-10-14)15(17)18-6-3/h4-5,7-10H,1-2,6,11-12H2,3H3. The predicted octanol–water partition coefficient (Wildman–Crippen LogP) is 3.04. The zero-order chi connectivity index (χ0) is 13.4. The van der Waals surface area contributed by atoms with E-state index >= 15 is 0 Å². The smallest absolute Gasteiger partial charge is 0.338 e. The lowest BCUT2D eigenvalue weighted by Gasteiger charge is -2.21. The van der Waals surface area contributed by atoms with Gasteiger partial charge >= 0.3 is 5.97 Å². The molecule has 0 aliphatic heterocycles. The van der Waals surface area contributed by atoms with Crippen molar-refractivity contribution in [2.24, 2.45) is 0 Å². The SMILES string of the molecule is C=CCN(CC=C)c1ccc(C(=O)OCC)cc1. The first-order valence-corrected chi connectivity index (χ1v) is 5.96. The van der Waals surface area contributed by atoms with Crippen LogP contribution < -0.4 is 4.90 Å². The molecule has 0 aliphatic carbocycles. The lowest BCUT2D eigenvalue weighted by Crippen LogP contribution is -2.23. The fourth-order valence-electron chi connectivity index (χ4n) is 1.62. The van der Waals surface area contributed by atoms with Crippen molar-refractivity contribution in [1.29, 1.82) is 0 Å². The lowest BCUT2D eigenvalue weighted by atomic mass is 10.2. The first kappa shape index (κ1) is 14.0. The average Bonchev–Trinajstić information content (AvgIpc) is 2.39. The van der Waals surface area contributed by atoms with E-state index in [1.165, 1.54) is 0 Å². The van der Waals surface area contributed by atoms with Crippen LogP contribution in [0.3, 0.4) is 0 Å². The highest BCUT2D eigenvalue weighted by molar-refractivity contribution is 5.89. The van der Waals surface area contributed by atoms with Crippen LogP contribution >= 0.6 is 0 Å². The second-order valence-corrected chi connectivity index (χ2v) is 3.75. The topological polar surface area (TPSA) is 29.5 Å². The Morgan fingerprint density at radius 2 is 1.78 bits per heavy atom. The van der Waals surface area contributed by atoms with Crippen LogP contribution in [0.4, 0.5) is 5.69 Å². The van der Waals surface area contributed by atoms with E-state index in [1.54, 1.807) is 19.1 Å². The van der Waals surface area contributed by atoms with Gasteiger partial charge in [0.05, 0.1) is 12.2 Å². The minimum Gasteiger partial charge on any atom is -0.462 e. The van der Waals surface area contributed by atoms with Crippen LogP contribution in [0.25, 0.3) is 0 Å². The number of anilines is 1. The Bertz CT molecular complexity index is 399. The molecule has 0 radical (unpaired) electrons. The van der Waals surface area contributed by atoms with Crippen molar-refractivity contribution >= 4 is 11.7 Å². The van der Waals surface area contributed by atoms with Gasteiger partial charge in [-0.05, 0) is 31.2 Å². The van der Waals surface area contributed by atoms with Gasteiger partial charge in [0.25, 0.3) is 0 Å². The number of hydrogen-bond acceptors (Lipinski definition) is 3. The Morgan fingerprint density at radius 1 is 1.22 bits per heavy atom. The maximum Gasteiger partial charge on any atom is 0.338 e. The van der Waals surface area contributed by atoms with Crippen LogP contribution in [0.1, 0.15) is 17.3 Å². The maximum atomic E-state index is 11.5. The molecule has 0 amide bonds. The largest absolute Gasteiger partial charge is 0.462 e. The van der Waals surface area contributed by atoms with E-state index in [0.29, 0.717) is 12.2 Å². The van der Waals surface area contributed by atoms with Crippen molar-refractivity contribution in [2.45, 2.75) is 6.92 Å². The minimum atomic E-state index is -0.289. The van der Waals surface area contributed by atoms with Gasteiger partial charge in [0.2, 0.25) is 0 Å². The van der Waals surface area contributed by atoms with Gasteiger partial charge in [-0.1, -0.05) is 12.2 Å². The summed E-state index contributed by atoms with van der Waals surface area (Å²) in [5.74, 6) is -0.289. The first-order valence-electron chi connectivity index (χ1n) is 5.96. The fraction of sp³-hybridized carbons (Fsp3) is 0.267. The molecule has 1 aromatic carbocycles. The molecule has 0 atom stereocenters. The molecule has 1 rings (SSSR count). The Kier molecular flexibility index (Phi) is 5.71. The second kappa shape index (κ2) is 7.33. The summed E-state index contributed by atoms with van der Waals surface area (Å²) < 4.78 is 4.94. The Labute approximate surface area is 108 Å². The number of carbonyl (C=O) groups excluding carboxylic acids is 1. The van der Waals surface area contributed by atoms with Crippen LogP contribution in [0.15, 0.2) is 49.6 Å². The van der Waals surface area contributed by atoms with Crippen molar-refractivity contribution in [2.75, 3.05) is 24.6 Å². The van der Waals surface area contributed by atoms with Gasteiger partial charge in [-0.2, -0.15) is 0 Å². The summed E-state index contributed by atoms with van der Waals surface area (Å²) in [6, 6.07) is 7.34. The monoisotopic (exact) mass is 245 g/mol. The van der Waals surface area contributed by atoms with Gasteiger partial charge < -0.3 is 9.64 Å². The van der Waals surface area contributed by atoms with E-state index in [9.17, 15) is 4.79 Å². The minimum absolute atomic E-state index is 0.289.